The van der Waals surface area contributed by atoms with Gasteiger partial charge in [0.15, 0.2) is 0 Å². The molecule has 2 amide bonds. The Morgan fingerprint density at radius 3 is 2.62 bits per heavy atom. The molecule has 1 heterocycles. The maximum atomic E-state index is 11.5. The first-order valence-corrected chi connectivity index (χ1v) is 4.94. The Labute approximate surface area is 91.9 Å². The van der Waals surface area contributed by atoms with Gasteiger partial charge in [-0.15, -0.1) is 0 Å². The van der Waals surface area contributed by atoms with E-state index in [2.05, 4.69) is 5.32 Å². The summed E-state index contributed by atoms with van der Waals surface area (Å²) in [4.78, 5) is 32.8. The molecular weight excluding hydrogens is 216 g/mol. The van der Waals surface area contributed by atoms with Crippen LogP contribution in [0.5, 0.6) is 0 Å². The number of hydrogen-bond acceptors (Lipinski definition) is 4. The van der Waals surface area contributed by atoms with Crippen LogP contribution in [0.1, 0.15) is 19.3 Å². The molecule has 0 aromatic carbocycles. The van der Waals surface area contributed by atoms with Crippen LogP contribution in [0.4, 0.5) is 0 Å². The lowest BCUT2D eigenvalue weighted by atomic mass is 10.1. The summed E-state index contributed by atoms with van der Waals surface area (Å²) in [5.41, 5.74) is 4.88. The van der Waals surface area contributed by atoms with Crippen molar-refractivity contribution in [3.63, 3.8) is 0 Å². The zero-order valence-corrected chi connectivity index (χ0v) is 8.64. The molecule has 0 spiro atoms. The lowest BCUT2D eigenvalue weighted by Gasteiger charge is -2.15. The first-order valence-electron chi connectivity index (χ1n) is 4.94. The van der Waals surface area contributed by atoms with E-state index in [1.165, 1.54) is 0 Å². The van der Waals surface area contributed by atoms with E-state index in [-0.39, 0.29) is 0 Å². The Bertz CT molecular complexity index is 298. The highest BCUT2D eigenvalue weighted by Gasteiger charge is 2.28. The van der Waals surface area contributed by atoms with Crippen LogP contribution in [0.25, 0.3) is 0 Å². The highest BCUT2D eigenvalue weighted by molar-refractivity contribution is 5.89. The molecule has 90 valence electrons. The van der Waals surface area contributed by atoms with Crippen molar-refractivity contribution in [3.05, 3.63) is 0 Å². The fourth-order valence-corrected chi connectivity index (χ4v) is 1.45. The van der Waals surface area contributed by atoms with Crippen LogP contribution in [-0.4, -0.2) is 41.6 Å². The van der Waals surface area contributed by atoms with Crippen molar-refractivity contribution in [1.29, 1.82) is 0 Å². The number of amides is 2. The molecule has 0 aromatic rings. The van der Waals surface area contributed by atoms with Crippen LogP contribution < -0.4 is 11.1 Å². The van der Waals surface area contributed by atoms with Crippen molar-refractivity contribution >= 4 is 17.8 Å². The van der Waals surface area contributed by atoms with Gasteiger partial charge in [0.25, 0.3) is 0 Å². The second-order valence-electron chi connectivity index (χ2n) is 3.57. The molecule has 7 nitrogen and oxygen atoms in total. The second-order valence-corrected chi connectivity index (χ2v) is 3.57. The highest BCUT2D eigenvalue weighted by Crippen LogP contribution is 2.12. The number of hydrogen-bond donors (Lipinski definition) is 3. The van der Waals surface area contributed by atoms with Gasteiger partial charge in [0, 0.05) is 6.61 Å². The second kappa shape index (κ2) is 5.45. The molecule has 16 heavy (non-hydrogen) atoms. The van der Waals surface area contributed by atoms with E-state index >= 15 is 0 Å². The van der Waals surface area contributed by atoms with Gasteiger partial charge in [0.05, 0.1) is 6.42 Å². The maximum Gasteiger partial charge on any atom is 0.326 e. The van der Waals surface area contributed by atoms with Crippen molar-refractivity contribution in [3.8, 4) is 0 Å². The monoisotopic (exact) mass is 230 g/mol. The molecule has 0 saturated carbocycles. The average molecular weight is 230 g/mol. The summed E-state index contributed by atoms with van der Waals surface area (Å²) in [6.07, 6.45) is 0.295. The predicted molar refractivity (Wildman–Crippen MR) is 52.4 cm³/mol. The number of carbonyl (C=O) groups is 3. The lowest BCUT2D eigenvalue weighted by Crippen LogP contribution is -2.47. The van der Waals surface area contributed by atoms with Gasteiger partial charge >= 0.3 is 5.97 Å². The molecule has 2 atom stereocenters. The van der Waals surface area contributed by atoms with Crippen molar-refractivity contribution < 1.29 is 24.2 Å². The number of carboxylic acids is 1. The van der Waals surface area contributed by atoms with Crippen molar-refractivity contribution in [2.24, 2.45) is 5.73 Å². The number of carboxylic acid groups (broad SMARTS) is 1. The van der Waals surface area contributed by atoms with Gasteiger partial charge in [0.2, 0.25) is 11.8 Å². The SMILES string of the molecule is NC(=O)CC(NC(=O)C1CCCO1)C(=O)O. The van der Waals surface area contributed by atoms with Crippen molar-refractivity contribution in [2.45, 2.75) is 31.4 Å². The van der Waals surface area contributed by atoms with Crippen LogP contribution >= 0.6 is 0 Å². The van der Waals surface area contributed by atoms with Gasteiger partial charge in [-0.3, -0.25) is 9.59 Å². The quantitative estimate of drug-likeness (QED) is 0.537. The van der Waals surface area contributed by atoms with Crippen molar-refractivity contribution in [1.82, 2.24) is 5.32 Å². The highest BCUT2D eigenvalue weighted by atomic mass is 16.5. The van der Waals surface area contributed by atoms with Gasteiger partial charge in [-0.2, -0.15) is 0 Å². The fraction of sp³-hybridized carbons (Fsp3) is 0.667. The number of ether oxygens (including phenoxy) is 1. The summed E-state index contributed by atoms with van der Waals surface area (Å²) in [5, 5.41) is 11.0. The number of primary amides is 1. The summed E-state index contributed by atoms with van der Waals surface area (Å²) in [6.45, 7) is 0.492. The Kier molecular flexibility index (Phi) is 4.24. The van der Waals surface area contributed by atoms with E-state index in [9.17, 15) is 14.4 Å². The zero-order chi connectivity index (χ0) is 12.1. The number of carbonyl (C=O) groups excluding carboxylic acids is 2. The number of nitrogens with two attached hydrogens (primary N) is 1. The van der Waals surface area contributed by atoms with Gasteiger partial charge in [0.1, 0.15) is 12.1 Å². The largest absolute Gasteiger partial charge is 0.480 e. The number of rotatable bonds is 5. The molecule has 1 rings (SSSR count). The molecule has 1 fully saturated rings. The van der Waals surface area contributed by atoms with Crippen LogP contribution in [0, 0.1) is 0 Å². The van der Waals surface area contributed by atoms with E-state index in [4.69, 9.17) is 15.6 Å². The molecular formula is C9H14N2O5. The molecule has 0 aliphatic carbocycles. The summed E-state index contributed by atoms with van der Waals surface area (Å²) in [6, 6.07) is -1.28. The molecule has 1 aliphatic heterocycles. The molecule has 1 saturated heterocycles. The normalized spacial score (nSPS) is 21.4. The smallest absolute Gasteiger partial charge is 0.326 e. The van der Waals surface area contributed by atoms with Crippen molar-refractivity contribution in [2.75, 3.05) is 6.61 Å². The minimum absolute atomic E-state index is 0.423. The van der Waals surface area contributed by atoms with E-state index in [1.807, 2.05) is 0 Å². The fourth-order valence-electron chi connectivity index (χ4n) is 1.45. The Morgan fingerprint density at radius 2 is 2.19 bits per heavy atom. The molecule has 4 N–H and O–H groups in total. The first kappa shape index (κ1) is 12.4. The predicted octanol–water partition coefficient (Wildman–Crippen LogP) is -1.39. The van der Waals surface area contributed by atoms with Gasteiger partial charge in [-0.05, 0) is 12.8 Å². The van der Waals surface area contributed by atoms with E-state index < -0.39 is 36.4 Å². The third kappa shape index (κ3) is 3.50. The zero-order valence-electron chi connectivity index (χ0n) is 8.64. The molecule has 7 heteroatoms. The molecule has 2 unspecified atom stereocenters. The summed E-state index contributed by atoms with van der Waals surface area (Å²) in [5.74, 6) is -2.57. The van der Waals surface area contributed by atoms with Gasteiger partial charge < -0.3 is 20.9 Å². The van der Waals surface area contributed by atoms with E-state index in [0.29, 0.717) is 13.0 Å². The minimum Gasteiger partial charge on any atom is -0.480 e. The molecule has 0 aromatic heterocycles. The van der Waals surface area contributed by atoms with Crippen LogP contribution in [-0.2, 0) is 19.1 Å². The van der Waals surface area contributed by atoms with Crippen LogP contribution in [0.2, 0.25) is 0 Å². The van der Waals surface area contributed by atoms with Gasteiger partial charge in [-0.1, -0.05) is 0 Å². The van der Waals surface area contributed by atoms with Crippen LogP contribution in [0.3, 0.4) is 0 Å². The third-order valence-electron chi connectivity index (χ3n) is 2.24. The average Bonchev–Trinajstić information content (AvgIpc) is 2.68. The number of nitrogens with one attached hydrogen (secondary N) is 1. The standard InChI is InChI=1S/C9H14N2O5/c10-7(12)4-5(9(14)15)11-8(13)6-2-1-3-16-6/h5-6H,1-4H2,(H2,10,12)(H,11,13)(H,14,15). The summed E-state index contributed by atoms with van der Waals surface area (Å²) >= 11 is 0. The first-order chi connectivity index (χ1) is 7.50. The summed E-state index contributed by atoms with van der Waals surface area (Å²) < 4.78 is 5.08. The maximum absolute atomic E-state index is 11.5. The summed E-state index contributed by atoms with van der Waals surface area (Å²) in [7, 11) is 0. The Morgan fingerprint density at radius 1 is 1.50 bits per heavy atom. The van der Waals surface area contributed by atoms with E-state index in [1.54, 1.807) is 0 Å². The number of aliphatic carboxylic acids is 1. The molecule has 0 radical (unpaired) electrons. The Balaban J connectivity index is 2.50. The molecule has 1 aliphatic rings. The van der Waals surface area contributed by atoms with E-state index in [0.717, 1.165) is 6.42 Å². The molecule has 0 bridgehead atoms. The minimum atomic E-state index is -1.29. The lowest BCUT2D eigenvalue weighted by molar-refractivity contribution is -0.144. The van der Waals surface area contributed by atoms with Crippen LogP contribution in [0.15, 0.2) is 0 Å². The van der Waals surface area contributed by atoms with Gasteiger partial charge in [-0.25, -0.2) is 4.79 Å². The third-order valence-corrected chi connectivity index (χ3v) is 2.24. The Hall–Kier alpha value is -1.63. The topological polar surface area (TPSA) is 119 Å².